The maximum absolute atomic E-state index is 5.22. The zero-order valence-corrected chi connectivity index (χ0v) is 12.9. The third-order valence-corrected chi connectivity index (χ3v) is 3.30. The number of pyridine rings is 1. The summed E-state index contributed by atoms with van der Waals surface area (Å²) in [5, 5.41) is 7.86. The first-order chi connectivity index (χ1) is 10.2. The van der Waals surface area contributed by atoms with Gasteiger partial charge in [0.25, 0.3) is 0 Å². The van der Waals surface area contributed by atoms with Gasteiger partial charge in [-0.3, -0.25) is 10.4 Å². The third kappa shape index (κ3) is 4.65. The summed E-state index contributed by atoms with van der Waals surface area (Å²) in [6, 6.07) is 13.9. The summed E-state index contributed by atoms with van der Waals surface area (Å²) in [4.78, 5) is 4.23. The molecule has 2 rings (SSSR count). The average Bonchev–Trinajstić information content (AvgIpc) is 2.52. The van der Waals surface area contributed by atoms with Gasteiger partial charge in [-0.25, -0.2) is 0 Å². The lowest BCUT2D eigenvalue weighted by atomic mass is 10.1. The molecule has 0 saturated heterocycles. The number of aromatic nitrogens is 1. The predicted molar refractivity (Wildman–Crippen MR) is 90.2 cm³/mol. The molecule has 0 saturated carbocycles. The second kappa shape index (κ2) is 7.50. The summed E-state index contributed by atoms with van der Waals surface area (Å²) in [7, 11) is 0. The highest BCUT2D eigenvalue weighted by Gasteiger charge is 2.00. The number of hydrogen-bond donors (Lipinski definition) is 2. The predicted octanol–water partition coefficient (Wildman–Crippen LogP) is 2.78. The minimum atomic E-state index is 0.494. The van der Waals surface area contributed by atoms with Gasteiger partial charge < -0.3 is 5.32 Å². The monoisotopic (exact) mass is 298 g/mol. The summed E-state index contributed by atoms with van der Waals surface area (Å²) in [6.45, 7) is 4.65. The van der Waals surface area contributed by atoms with Gasteiger partial charge in [-0.2, -0.15) is 5.10 Å². The molecule has 0 unspecified atom stereocenters. The molecule has 21 heavy (non-hydrogen) atoms. The number of benzene rings is 1. The highest BCUT2D eigenvalue weighted by Crippen LogP contribution is 2.05. The Bertz CT molecular complexity index is 638. The van der Waals surface area contributed by atoms with Crippen LogP contribution in [0.25, 0.3) is 0 Å². The lowest BCUT2D eigenvalue weighted by molar-refractivity contribution is 0.860. The Morgan fingerprint density at radius 3 is 2.67 bits per heavy atom. The fourth-order valence-electron chi connectivity index (χ4n) is 1.79. The van der Waals surface area contributed by atoms with E-state index in [-0.39, 0.29) is 0 Å². The van der Waals surface area contributed by atoms with Crippen molar-refractivity contribution in [1.29, 1.82) is 0 Å². The van der Waals surface area contributed by atoms with E-state index < -0.39 is 0 Å². The standard InChI is InChI=1S/C16H18N4S/c1-12-7-3-4-8-14(12)11-18-16(21)20-19-13(2)15-9-5-6-10-17-15/h3-10H,11H2,1-2H3,(H2,18,20,21)/b19-13+. The molecule has 1 heterocycles. The van der Waals surface area contributed by atoms with Gasteiger partial charge in [-0.05, 0) is 49.3 Å². The second-order valence-corrected chi connectivity index (χ2v) is 5.04. The summed E-state index contributed by atoms with van der Waals surface area (Å²) in [5.41, 5.74) is 6.90. The number of aryl methyl sites for hydroxylation is 1. The number of hydrazone groups is 1. The second-order valence-electron chi connectivity index (χ2n) is 4.63. The maximum atomic E-state index is 5.22. The maximum Gasteiger partial charge on any atom is 0.187 e. The van der Waals surface area contributed by atoms with E-state index >= 15 is 0 Å². The molecule has 0 bridgehead atoms. The number of nitrogens with one attached hydrogen (secondary N) is 2. The topological polar surface area (TPSA) is 49.3 Å². The molecule has 0 aliphatic rings. The average molecular weight is 298 g/mol. The van der Waals surface area contributed by atoms with Crippen LogP contribution in [0.15, 0.2) is 53.8 Å². The molecule has 0 amide bonds. The van der Waals surface area contributed by atoms with E-state index in [1.165, 1.54) is 11.1 Å². The van der Waals surface area contributed by atoms with E-state index in [1.54, 1.807) is 6.20 Å². The molecule has 2 aromatic rings. The van der Waals surface area contributed by atoms with Gasteiger partial charge in [0, 0.05) is 12.7 Å². The Balaban J connectivity index is 1.87. The van der Waals surface area contributed by atoms with Crippen LogP contribution in [0.2, 0.25) is 0 Å². The van der Waals surface area contributed by atoms with Gasteiger partial charge in [-0.1, -0.05) is 30.3 Å². The molecule has 0 atom stereocenters. The third-order valence-electron chi connectivity index (χ3n) is 3.06. The van der Waals surface area contributed by atoms with Gasteiger partial charge in [0.15, 0.2) is 5.11 Å². The molecule has 1 aromatic heterocycles. The van der Waals surface area contributed by atoms with Crippen molar-refractivity contribution in [1.82, 2.24) is 15.7 Å². The lowest BCUT2D eigenvalue weighted by Crippen LogP contribution is -2.32. The lowest BCUT2D eigenvalue weighted by Gasteiger charge is -2.09. The van der Waals surface area contributed by atoms with Crippen LogP contribution in [0.1, 0.15) is 23.7 Å². The summed E-state index contributed by atoms with van der Waals surface area (Å²) in [5.74, 6) is 0. The number of rotatable bonds is 4. The van der Waals surface area contributed by atoms with Crippen molar-refractivity contribution in [2.75, 3.05) is 0 Å². The molecule has 0 spiro atoms. The molecule has 1 aromatic carbocycles. The SMILES string of the molecule is C/C(=N\NC(=S)NCc1ccccc1C)c1ccccn1. The van der Waals surface area contributed by atoms with E-state index in [0.29, 0.717) is 11.7 Å². The van der Waals surface area contributed by atoms with Crippen molar-refractivity contribution in [2.45, 2.75) is 20.4 Å². The van der Waals surface area contributed by atoms with Crippen LogP contribution in [0.4, 0.5) is 0 Å². The van der Waals surface area contributed by atoms with Crippen LogP contribution >= 0.6 is 12.2 Å². The van der Waals surface area contributed by atoms with Crippen molar-refractivity contribution in [3.63, 3.8) is 0 Å². The number of thiocarbonyl (C=S) groups is 1. The van der Waals surface area contributed by atoms with Crippen LogP contribution < -0.4 is 10.7 Å². The van der Waals surface area contributed by atoms with Crippen molar-refractivity contribution >= 4 is 23.0 Å². The Morgan fingerprint density at radius 1 is 1.19 bits per heavy atom. The minimum absolute atomic E-state index is 0.494. The molecule has 0 aliphatic carbocycles. The molecule has 0 fully saturated rings. The van der Waals surface area contributed by atoms with Gasteiger partial charge in [0.05, 0.1) is 11.4 Å². The van der Waals surface area contributed by atoms with E-state index in [2.05, 4.69) is 39.9 Å². The van der Waals surface area contributed by atoms with Crippen molar-refractivity contribution in [3.05, 3.63) is 65.5 Å². The summed E-state index contributed by atoms with van der Waals surface area (Å²) < 4.78 is 0. The van der Waals surface area contributed by atoms with Gasteiger partial charge in [-0.15, -0.1) is 0 Å². The molecule has 0 aliphatic heterocycles. The Morgan fingerprint density at radius 2 is 1.95 bits per heavy atom. The highest BCUT2D eigenvalue weighted by molar-refractivity contribution is 7.80. The summed E-state index contributed by atoms with van der Waals surface area (Å²) in [6.07, 6.45) is 1.74. The van der Waals surface area contributed by atoms with Crippen LogP contribution in [0.5, 0.6) is 0 Å². The minimum Gasteiger partial charge on any atom is -0.357 e. The molecular weight excluding hydrogens is 280 g/mol. The van der Waals surface area contributed by atoms with E-state index in [0.717, 1.165) is 11.4 Å². The highest BCUT2D eigenvalue weighted by atomic mass is 32.1. The van der Waals surface area contributed by atoms with Crippen molar-refractivity contribution in [3.8, 4) is 0 Å². The van der Waals surface area contributed by atoms with Gasteiger partial charge in [0.1, 0.15) is 0 Å². The smallest absolute Gasteiger partial charge is 0.187 e. The number of nitrogens with zero attached hydrogens (tertiary/aromatic N) is 2. The summed E-state index contributed by atoms with van der Waals surface area (Å²) >= 11 is 5.22. The van der Waals surface area contributed by atoms with Crippen molar-refractivity contribution in [2.24, 2.45) is 5.10 Å². The Kier molecular flexibility index (Phi) is 5.40. The Labute approximate surface area is 130 Å². The molecular formula is C16H18N4S. The zero-order valence-electron chi connectivity index (χ0n) is 12.1. The van der Waals surface area contributed by atoms with Gasteiger partial charge in [0.2, 0.25) is 0 Å². The van der Waals surface area contributed by atoms with E-state index in [9.17, 15) is 0 Å². The zero-order chi connectivity index (χ0) is 15.1. The quantitative estimate of drug-likeness (QED) is 0.518. The Hall–Kier alpha value is -2.27. The molecule has 108 valence electrons. The fraction of sp³-hybridized carbons (Fsp3) is 0.188. The largest absolute Gasteiger partial charge is 0.357 e. The van der Waals surface area contributed by atoms with Crippen LogP contribution in [-0.4, -0.2) is 15.8 Å². The molecule has 4 nitrogen and oxygen atoms in total. The molecule has 2 N–H and O–H groups in total. The first kappa shape index (κ1) is 15.1. The van der Waals surface area contributed by atoms with E-state index in [4.69, 9.17) is 12.2 Å². The number of hydrogen-bond acceptors (Lipinski definition) is 3. The van der Waals surface area contributed by atoms with Crippen LogP contribution in [-0.2, 0) is 6.54 Å². The molecule has 5 heteroatoms. The fourth-order valence-corrected chi connectivity index (χ4v) is 1.91. The van der Waals surface area contributed by atoms with E-state index in [1.807, 2.05) is 37.3 Å². The normalized spacial score (nSPS) is 11.0. The van der Waals surface area contributed by atoms with Crippen molar-refractivity contribution < 1.29 is 0 Å². The first-order valence-electron chi connectivity index (χ1n) is 6.71. The first-order valence-corrected chi connectivity index (χ1v) is 7.11. The van der Waals surface area contributed by atoms with Gasteiger partial charge >= 0.3 is 0 Å². The van der Waals surface area contributed by atoms with Crippen LogP contribution in [0, 0.1) is 6.92 Å². The molecule has 0 radical (unpaired) electrons. The van der Waals surface area contributed by atoms with Crippen LogP contribution in [0.3, 0.4) is 0 Å².